The molecule has 1 aliphatic carbocycles. The van der Waals surface area contributed by atoms with Gasteiger partial charge in [0.2, 0.25) is 0 Å². The maximum Gasteiger partial charge on any atom is 0.256 e. The largest absolute Gasteiger partial charge is 0.471 e. The molecule has 0 aliphatic heterocycles. The summed E-state index contributed by atoms with van der Waals surface area (Å²) in [5.41, 5.74) is 0. The third-order valence-electron chi connectivity index (χ3n) is 2.82. The summed E-state index contributed by atoms with van der Waals surface area (Å²) in [5.74, 6) is 0.917. The third-order valence-corrected chi connectivity index (χ3v) is 3.08. The van der Waals surface area contributed by atoms with Crippen molar-refractivity contribution in [1.29, 1.82) is 0 Å². The van der Waals surface area contributed by atoms with Gasteiger partial charge in [-0.2, -0.15) is 0 Å². The van der Waals surface area contributed by atoms with Gasteiger partial charge < -0.3 is 10.1 Å². The van der Waals surface area contributed by atoms with Crippen LogP contribution in [0.1, 0.15) is 45.4 Å². The fraction of sp³-hybridized carbons (Fsp3) is 0.909. The molecule has 82 valence electrons. The van der Waals surface area contributed by atoms with E-state index in [1.165, 1.54) is 38.5 Å². The van der Waals surface area contributed by atoms with E-state index in [0.717, 1.165) is 12.5 Å². The minimum atomic E-state index is 0.559. The number of nitrogens with one attached hydrogen (secondary N) is 1. The van der Waals surface area contributed by atoms with Crippen molar-refractivity contribution in [2.24, 2.45) is 5.92 Å². The van der Waals surface area contributed by atoms with Gasteiger partial charge in [0.15, 0.2) is 0 Å². The molecule has 1 aliphatic rings. The van der Waals surface area contributed by atoms with Gasteiger partial charge in [-0.25, -0.2) is 0 Å². The minimum absolute atomic E-state index is 0.559. The van der Waals surface area contributed by atoms with E-state index in [0.29, 0.717) is 11.8 Å². The lowest BCUT2D eigenvalue weighted by atomic mass is 9.87. The Bertz CT molecular complexity index is 167. The van der Waals surface area contributed by atoms with Crippen LogP contribution in [0.25, 0.3) is 0 Å². The van der Waals surface area contributed by atoms with Gasteiger partial charge >= 0.3 is 0 Å². The Hall–Kier alpha value is -0.310. The molecule has 0 heterocycles. The highest BCUT2D eigenvalue weighted by molar-refractivity contribution is 7.80. The summed E-state index contributed by atoms with van der Waals surface area (Å²) >= 11 is 4.99. The lowest BCUT2D eigenvalue weighted by molar-refractivity contribution is 0.309. The van der Waals surface area contributed by atoms with Crippen LogP contribution in [-0.4, -0.2) is 18.3 Å². The first-order chi connectivity index (χ1) is 6.83. The van der Waals surface area contributed by atoms with Gasteiger partial charge in [-0.05, 0) is 31.5 Å². The van der Waals surface area contributed by atoms with E-state index in [9.17, 15) is 0 Å². The molecule has 0 aromatic heterocycles. The maximum absolute atomic E-state index is 5.15. The average Bonchev–Trinajstić information content (AvgIpc) is 2.20. The van der Waals surface area contributed by atoms with Crippen LogP contribution in [-0.2, 0) is 4.74 Å². The van der Waals surface area contributed by atoms with Gasteiger partial charge in [-0.3, -0.25) is 0 Å². The zero-order valence-electron chi connectivity index (χ0n) is 9.05. The van der Waals surface area contributed by atoms with Crippen molar-refractivity contribution in [3.63, 3.8) is 0 Å². The normalized spacial score (nSPS) is 17.8. The number of ether oxygens (including phenoxy) is 1. The van der Waals surface area contributed by atoms with Gasteiger partial charge in [-0.15, -0.1) is 0 Å². The van der Waals surface area contributed by atoms with Crippen LogP contribution in [0.2, 0.25) is 0 Å². The Morgan fingerprint density at radius 2 is 2.07 bits per heavy atom. The van der Waals surface area contributed by atoms with Crippen molar-refractivity contribution in [3.8, 4) is 0 Å². The average molecular weight is 215 g/mol. The maximum atomic E-state index is 5.15. The molecule has 0 aromatic carbocycles. The van der Waals surface area contributed by atoms with E-state index in [1.54, 1.807) is 0 Å². The Labute approximate surface area is 92.4 Å². The van der Waals surface area contributed by atoms with Gasteiger partial charge in [0, 0.05) is 6.54 Å². The van der Waals surface area contributed by atoms with Crippen molar-refractivity contribution in [2.45, 2.75) is 45.4 Å². The zero-order valence-corrected chi connectivity index (χ0v) is 9.87. The van der Waals surface area contributed by atoms with Crippen LogP contribution in [0.3, 0.4) is 0 Å². The van der Waals surface area contributed by atoms with Crippen molar-refractivity contribution in [3.05, 3.63) is 0 Å². The first kappa shape index (κ1) is 11.8. The predicted molar refractivity (Wildman–Crippen MR) is 63.4 cm³/mol. The van der Waals surface area contributed by atoms with E-state index >= 15 is 0 Å². The molecule has 0 unspecified atom stereocenters. The monoisotopic (exact) mass is 215 g/mol. The van der Waals surface area contributed by atoms with Crippen molar-refractivity contribution in [1.82, 2.24) is 5.32 Å². The topological polar surface area (TPSA) is 21.3 Å². The molecule has 0 atom stereocenters. The Morgan fingerprint density at radius 1 is 1.36 bits per heavy atom. The van der Waals surface area contributed by atoms with Crippen LogP contribution in [0.5, 0.6) is 0 Å². The molecule has 1 saturated carbocycles. The minimum Gasteiger partial charge on any atom is -0.471 e. The van der Waals surface area contributed by atoms with Crippen LogP contribution in [0, 0.1) is 5.92 Å². The summed E-state index contributed by atoms with van der Waals surface area (Å²) in [4.78, 5) is 0. The molecule has 0 radical (unpaired) electrons. The molecule has 2 nitrogen and oxygen atoms in total. The molecule has 1 fully saturated rings. The number of rotatable bonds is 4. The Morgan fingerprint density at radius 3 is 2.71 bits per heavy atom. The summed E-state index contributed by atoms with van der Waals surface area (Å²) in [6, 6.07) is 0. The summed E-state index contributed by atoms with van der Waals surface area (Å²) in [6.45, 7) is 3.59. The smallest absolute Gasteiger partial charge is 0.256 e. The molecule has 0 saturated heterocycles. The predicted octanol–water partition coefficient (Wildman–Crippen LogP) is 2.87. The second-order valence-electron chi connectivity index (χ2n) is 3.94. The third kappa shape index (κ3) is 4.80. The molecule has 1 rings (SSSR count). The SMILES string of the molecule is CCOC(=S)NCCC1CCCCC1. The van der Waals surface area contributed by atoms with Gasteiger partial charge in [0.05, 0.1) is 6.61 Å². The van der Waals surface area contributed by atoms with E-state index in [4.69, 9.17) is 17.0 Å². The standard InChI is InChI=1S/C11H21NOS/c1-2-13-11(14)12-9-8-10-6-4-3-5-7-10/h10H,2-9H2,1H3,(H,12,14). The quantitative estimate of drug-likeness (QED) is 0.729. The molecule has 0 amide bonds. The first-order valence-corrected chi connectivity index (χ1v) is 6.14. The van der Waals surface area contributed by atoms with Crippen LogP contribution in [0.15, 0.2) is 0 Å². The molecule has 3 heteroatoms. The highest BCUT2D eigenvalue weighted by Crippen LogP contribution is 2.25. The van der Waals surface area contributed by atoms with Crippen LogP contribution in [0.4, 0.5) is 0 Å². The molecule has 14 heavy (non-hydrogen) atoms. The van der Waals surface area contributed by atoms with Crippen LogP contribution >= 0.6 is 12.2 Å². The Kier molecular flexibility index (Phi) is 5.92. The highest BCUT2D eigenvalue weighted by Gasteiger charge is 2.12. The molecule has 0 spiro atoms. The first-order valence-electron chi connectivity index (χ1n) is 5.73. The van der Waals surface area contributed by atoms with E-state index in [1.807, 2.05) is 6.92 Å². The van der Waals surface area contributed by atoms with Gasteiger partial charge in [-0.1, -0.05) is 32.1 Å². The summed E-state index contributed by atoms with van der Waals surface area (Å²) in [5, 5.41) is 3.70. The van der Waals surface area contributed by atoms with E-state index < -0.39 is 0 Å². The van der Waals surface area contributed by atoms with Crippen molar-refractivity contribution < 1.29 is 4.74 Å². The molecule has 1 N–H and O–H groups in total. The summed E-state index contributed by atoms with van der Waals surface area (Å²) in [6.07, 6.45) is 8.32. The lowest BCUT2D eigenvalue weighted by Crippen LogP contribution is -2.26. The molecule has 0 aromatic rings. The second kappa shape index (κ2) is 7.04. The Balaban J connectivity index is 1.99. The molecular formula is C11H21NOS. The van der Waals surface area contributed by atoms with Crippen molar-refractivity contribution in [2.75, 3.05) is 13.2 Å². The summed E-state index contributed by atoms with van der Waals surface area (Å²) in [7, 11) is 0. The second-order valence-corrected chi connectivity index (χ2v) is 4.31. The molecule has 0 bridgehead atoms. The fourth-order valence-electron chi connectivity index (χ4n) is 2.04. The summed E-state index contributed by atoms with van der Waals surface area (Å²) < 4.78 is 5.15. The van der Waals surface area contributed by atoms with Crippen molar-refractivity contribution >= 4 is 17.4 Å². The number of thiocarbonyl (C=S) groups is 1. The number of hydrogen-bond donors (Lipinski definition) is 1. The number of hydrogen-bond acceptors (Lipinski definition) is 2. The van der Waals surface area contributed by atoms with E-state index in [2.05, 4.69) is 5.32 Å². The lowest BCUT2D eigenvalue weighted by Gasteiger charge is -2.21. The van der Waals surface area contributed by atoms with Gasteiger partial charge in [0.25, 0.3) is 5.17 Å². The fourth-order valence-corrected chi connectivity index (χ4v) is 2.26. The van der Waals surface area contributed by atoms with Gasteiger partial charge in [0.1, 0.15) is 0 Å². The van der Waals surface area contributed by atoms with E-state index in [-0.39, 0.29) is 0 Å². The van der Waals surface area contributed by atoms with Crippen LogP contribution < -0.4 is 5.32 Å². The highest BCUT2D eigenvalue weighted by atomic mass is 32.1. The molecular weight excluding hydrogens is 194 g/mol. The zero-order chi connectivity index (χ0) is 10.2.